The van der Waals surface area contributed by atoms with Crippen molar-refractivity contribution in [3.8, 4) is 5.88 Å². The Bertz CT molecular complexity index is 1120. The molecular formula is C23H27ClN6O4. The van der Waals surface area contributed by atoms with E-state index >= 15 is 0 Å². The number of fused-ring (bicyclic) bond motifs is 2. The molecule has 1 spiro atoms. The van der Waals surface area contributed by atoms with E-state index in [1.54, 1.807) is 0 Å². The fourth-order valence-electron chi connectivity index (χ4n) is 5.51. The van der Waals surface area contributed by atoms with Crippen LogP contribution in [0.25, 0.3) is 0 Å². The van der Waals surface area contributed by atoms with Gasteiger partial charge in [0.05, 0.1) is 12.7 Å². The van der Waals surface area contributed by atoms with Crippen molar-refractivity contribution in [2.24, 2.45) is 11.7 Å². The number of nitrogens with zero attached hydrogens (tertiary/aromatic N) is 4. The third-order valence-electron chi connectivity index (χ3n) is 7.40. The number of benzene rings is 1. The molecule has 1 aromatic heterocycles. The SMILES string of the molecule is N[C@@H]1c2cccc(Cl)c2C[C@H]1CN1CCC2(CC1)CN(c1cnc3c(n1)NC(O)CO3)C(=O)O2. The van der Waals surface area contributed by atoms with Crippen LogP contribution in [0.3, 0.4) is 0 Å². The highest BCUT2D eigenvalue weighted by molar-refractivity contribution is 6.31. The van der Waals surface area contributed by atoms with E-state index in [0.717, 1.165) is 49.5 Å². The topological polar surface area (TPSA) is 126 Å². The number of nitrogens with one attached hydrogen (secondary N) is 1. The van der Waals surface area contributed by atoms with Gasteiger partial charge in [-0.05, 0) is 29.5 Å². The summed E-state index contributed by atoms with van der Waals surface area (Å²) in [6, 6.07) is 5.96. The molecule has 180 valence electrons. The van der Waals surface area contributed by atoms with Gasteiger partial charge in [0.1, 0.15) is 12.2 Å². The predicted octanol–water partition coefficient (Wildman–Crippen LogP) is 1.92. The number of nitrogens with two attached hydrogens (primary N) is 1. The molecular weight excluding hydrogens is 460 g/mol. The molecule has 2 aromatic rings. The highest BCUT2D eigenvalue weighted by Gasteiger charge is 2.48. The van der Waals surface area contributed by atoms with Gasteiger partial charge in [0, 0.05) is 43.5 Å². The van der Waals surface area contributed by atoms with Crippen molar-refractivity contribution in [2.75, 3.05) is 43.0 Å². The highest BCUT2D eigenvalue weighted by Crippen LogP contribution is 2.40. The smallest absolute Gasteiger partial charge is 0.416 e. The molecule has 4 heterocycles. The number of aromatic nitrogens is 2. The predicted molar refractivity (Wildman–Crippen MR) is 125 cm³/mol. The Labute approximate surface area is 202 Å². The molecule has 10 nitrogen and oxygen atoms in total. The molecule has 1 amide bonds. The Balaban J connectivity index is 1.09. The van der Waals surface area contributed by atoms with Gasteiger partial charge in [-0.3, -0.25) is 4.90 Å². The molecule has 1 aliphatic carbocycles. The van der Waals surface area contributed by atoms with E-state index < -0.39 is 17.9 Å². The minimum absolute atomic E-state index is 0.0110. The molecule has 3 aliphatic heterocycles. The number of amides is 1. The number of likely N-dealkylation sites (tertiary alicyclic amines) is 1. The third kappa shape index (κ3) is 3.74. The summed E-state index contributed by atoms with van der Waals surface area (Å²) in [5.41, 5.74) is 8.34. The van der Waals surface area contributed by atoms with Gasteiger partial charge < -0.3 is 30.5 Å². The second-order valence-electron chi connectivity index (χ2n) is 9.59. The summed E-state index contributed by atoms with van der Waals surface area (Å²) in [4.78, 5) is 25.3. The molecule has 0 saturated carbocycles. The van der Waals surface area contributed by atoms with Crippen molar-refractivity contribution in [3.63, 3.8) is 0 Å². The van der Waals surface area contributed by atoms with Crippen LogP contribution < -0.4 is 20.7 Å². The average Bonchev–Trinajstić information content (AvgIpc) is 3.32. The van der Waals surface area contributed by atoms with E-state index in [-0.39, 0.29) is 12.6 Å². The molecule has 0 bridgehead atoms. The molecule has 1 unspecified atom stereocenters. The number of ether oxygens (including phenoxy) is 2. The first-order valence-electron chi connectivity index (χ1n) is 11.6. The van der Waals surface area contributed by atoms with Crippen LogP contribution in [-0.4, -0.2) is 70.7 Å². The van der Waals surface area contributed by atoms with E-state index in [9.17, 15) is 9.90 Å². The van der Waals surface area contributed by atoms with Gasteiger partial charge in [-0.15, -0.1) is 0 Å². The molecule has 4 aliphatic rings. The molecule has 2 saturated heterocycles. The summed E-state index contributed by atoms with van der Waals surface area (Å²) in [5.74, 6) is 1.31. The maximum atomic E-state index is 12.7. The summed E-state index contributed by atoms with van der Waals surface area (Å²) < 4.78 is 11.2. The number of carbonyl (C=O) groups excluding carboxylic acids is 1. The lowest BCUT2D eigenvalue weighted by atomic mass is 9.90. The van der Waals surface area contributed by atoms with Crippen molar-refractivity contribution < 1.29 is 19.4 Å². The van der Waals surface area contributed by atoms with Crippen LogP contribution in [0.2, 0.25) is 5.02 Å². The van der Waals surface area contributed by atoms with Gasteiger partial charge in [-0.1, -0.05) is 23.7 Å². The summed E-state index contributed by atoms with van der Waals surface area (Å²) in [7, 11) is 0. The zero-order chi connectivity index (χ0) is 23.4. The van der Waals surface area contributed by atoms with E-state index in [2.05, 4.69) is 26.3 Å². The van der Waals surface area contributed by atoms with Crippen molar-refractivity contribution in [3.05, 3.63) is 40.5 Å². The first kappa shape index (κ1) is 21.8. The van der Waals surface area contributed by atoms with Gasteiger partial charge in [0.15, 0.2) is 17.9 Å². The summed E-state index contributed by atoms with van der Waals surface area (Å²) in [5, 5.41) is 13.4. The van der Waals surface area contributed by atoms with Crippen molar-refractivity contribution in [1.82, 2.24) is 14.9 Å². The van der Waals surface area contributed by atoms with E-state index in [1.807, 2.05) is 12.1 Å². The molecule has 0 radical (unpaired) electrons. The fraction of sp³-hybridized carbons (Fsp3) is 0.522. The Morgan fingerprint density at radius 1 is 1.32 bits per heavy atom. The minimum atomic E-state index is -0.866. The van der Waals surface area contributed by atoms with E-state index in [0.29, 0.717) is 30.0 Å². The normalized spacial score (nSPS) is 27.7. The summed E-state index contributed by atoms with van der Waals surface area (Å²) in [6.07, 6.45) is 2.58. The minimum Gasteiger partial charge on any atom is -0.470 e. The average molecular weight is 487 g/mol. The monoisotopic (exact) mass is 486 g/mol. The molecule has 1 aromatic carbocycles. The number of aliphatic hydroxyl groups is 1. The molecule has 34 heavy (non-hydrogen) atoms. The lowest BCUT2D eigenvalue weighted by molar-refractivity contribution is -0.00283. The van der Waals surface area contributed by atoms with Crippen LogP contribution in [-0.2, 0) is 11.2 Å². The third-order valence-corrected chi connectivity index (χ3v) is 7.76. The zero-order valence-electron chi connectivity index (χ0n) is 18.6. The molecule has 11 heteroatoms. The quantitative estimate of drug-likeness (QED) is 0.596. The number of piperidine rings is 1. The van der Waals surface area contributed by atoms with Crippen LogP contribution in [0.4, 0.5) is 16.4 Å². The number of carbonyl (C=O) groups is 1. The Morgan fingerprint density at radius 3 is 2.94 bits per heavy atom. The molecule has 3 atom stereocenters. The fourth-order valence-corrected chi connectivity index (χ4v) is 5.77. The molecule has 6 rings (SSSR count). The molecule has 2 fully saturated rings. The van der Waals surface area contributed by atoms with Crippen LogP contribution in [0.1, 0.15) is 30.0 Å². The van der Waals surface area contributed by atoms with Gasteiger partial charge in [0.2, 0.25) is 0 Å². The number of aliphatic hydroxyl groups excluding tert-OH is 1. The number of hydrogen-bond donors (Lipinski definition) is 3. The number of anilines is 2. The van der Waals surface area contributed by atoms with Crippen LogP contribution in [0.15, 0.2) is 24.4 Å². The number of halogens is 1. The Kier molecular flexibility index (Phi) is 5.29. The maximum Gasteiger partial charge on any atom is 0.416 e. The lowest BCUT2D eigenvalue weighted by Crippen LogP contribution is -2.48. The first-order chi connectivity index (χ1) is 16.4. The largest absolute Gasteiger partial charge is 0.470 e. The van der Waals surface area contributed by atoms with Crippen molar-refractivity contribution in [1.29, 1.82) is 0 Å². The van der Waals surface area contributed by atoms with Gasteiger partial charge in [-0.25, -0.2) is 14.8 Å². The van der Waals surface area contributed by atoms with Crippen LogP contribution in [0, 0.1) is 5.92 Å². The zero-order valence-corrected chi connectivity index (χ0v) is 19.4. The second-order valence-corrected chi connectivity index (χ2v) is 10.00. The summed E-state index contributed by atoms with van der Waals surface area (Å²) in [6.45, 7) is 3.06. The molecule has 4 N–H and O–H groups in total. The Hall–Kier alpha value is -2.66. The summed E-state index contributed by atoms with van der Waals surface area (Å²) >= 11 is 6.39. The standard InChI is InChI=1S/C23H27ClN6O4/c24-16-3-1-2-14-15(16)8-13(19(14)25)10-29-6-4-23(5-7-29)12-30(22(32)34-23)17-9-26-21-20(27-17)28-18(31)11-33-21/h1-3,9,13,18-19,31H,4-8,10-12,25H2,(H,27,28)/t13-,18?,19-/m0/s1. The van der Waals surface area contributed by atoms with E-state index in [1.165, 1.54) is 16.7 Å². The first-order valence-corrected chi connectivity index (χ1v) is 12.0. The Morgan fingerprint density at radius 2 is 2.15 bits per heavy atom. The second kappa shape index (κ2) is 8.23. The van der Waals surface area contributed by atoms with E-state index in [4.69, 9.17) is 26.8 Å². The number of rotatable bonds is 3. The van der Waals surface area contributed by atoms with Crippen LogP contribution >= 0.6 is 11.6 Å². The van der Waals surface area contributed by atoms with Crippen LogP contribution in [0.5, 0.6) is 5.88 Å². The van der Waals surface area contributed by atoms with Gasteiger partial charge >= 0.3 is 6.09 Å². The number of hydrogen-bond acceptors (Lipinski definition) is 9. The van der Waals surface area contributed by atoms with Gasteiger partial charge in [0.25, 0.3) is 5.88 Å². The van der Waals surface area contributed by atoms with Crippen molar-refractivity contribution in [2.45, 2.75) is 37.1 Å². The highest BCUT2D eigenvalue weighted by atomic mass is 35.5. The maximum absolute atomic E-state index is 12.7. The van der Waals surface area contributed by atoms with Crippen molar-refractivity contribution >= 4 is 29.3 Å². The van der Waals surface area contributed by atoms with Gasteiger partial charge in [-0.2, -0.15) is 0 Å². The lowest BCUT2D eigenvalue weighted by Gasteiger charge is -2.38.